The third kappa shape index (κ3) is 3.55. The van der Waals surface area contributed by atoms with Gasteiger partial charge in [-0.3, -0.25) is 4.79 Å². The average molecular weight is 397 g/mol. The summed E-state index contributed by atoms with van der Waals surface area (Å²) in [6.45, 7) is 6.15. The van der Waals surface area contributed by atoms with Gasteiger partial charge in [0, 0.05) is 32.7 Å². The first kappa shape index (κ1) is 18.4. The Morgan fingerprint density at radius 3 is 2.58 bits per heavy atom. The highest BCUT2D eigenvalue weighted by molar-refractivity contribution is 6.43. The van der Waals surface area contributed by atoms with Gasteiger partial charge in [0.25, 0.3) is 0 Å². The summed E-state index contributed by atoms with van der Waals surface area (Å²) in [5, 5.41) is 8.10. The number of carbonyl (C=O) groups excluding carboxylic acids is 1. The number of hydrogen-bond acceptors (Lipinski definition) is 4. The number of piperidine rings is 1. The molecule has 0 bridgehead atoms. The predicted octanol–water partition coefficient (Wildman–Crippen LogP) is 2.37. The normalized spacial score (nSPS) is 25.7. The van der Waals surface area contributed by atoms with Crippen LogP contribution in [0.1, 0.15) is 19.3 Å². The van der Waals surface area contributed by atoms with E-state index in [0.29, 0.717) is 15.5 Å². The summed E-state index contributed by atoms with van der Waals surface area (Å²) in [4.78, 5) is 17.2. The summed E-state index contributed by atoms with van der Waals surface area (Å²) < 4.78 is 0. The van der Waals surface area contributed by atoms with Crippen LogP contribution >= 0.6 is 23.2 Å². The zero-order chi connectivity index (χ0) is 18.1. The van der Waals surface area contributed by atoms with E-state index in [1.54, 1.807) is 6.07 Å². The van der Waals surface area contributed by atoms with Crippen LogP contribution in [0, 0.1) is 5.41 Å². The number of amides is 1. The van der Waals surface area contributed by atoms with Gasteiger partial charge in [0.05, 0.1) is 21.8 Å². The molecule has 1 spiro atoms. The van der Waals surface area contributed by atoms with Crippen molar-refractivity contribution in [1.82, 2.24) is 15.5 Å². The van der Waals surface area contributed by atoms with E-state index in [4.69, 9.17) is 23.2 Å². The van der Waals surface area contributed by atoms with Crippen LogP contribution in [0.2, 0.25) is 10.0 Å². The van der Waals surface area contributed by atoms with Crippen LogP contribution in [-0.4, -0.2) is 62.7 Å². The van der Waals surface area contributed by atoms with Gasteiger partial charge in [-0.1, -0.05) is 29.3 Å². The van der Waals surface area contributed by atoms with Crippen molar-refractivity contribution in [3.63, 3.8) is 0 Å². The number of rotatable bonds is 2. The maximum Gasteiger partial charge on any atom is 0.239 e. The predicted molar refractivity (Wildman–Crippen MR) is 106 cm³/mol. The van der Waals surface area contributed by atoms with E-state index in [9.17, 15) is 4.79 Å². The summed E-state index contributed by atoms with van der Waals surface area (Å²) in [5.41, 5.74) is 1.28. The number of benzene rings is 1. The molecule has 3 heterocycles. The van der Waals surface area contributed by atoms with E-state index < -0.39 is 0 Å². The largest absolute Gasteiger partial charge is 0.367 e. The summed E-state index contributed by atoms with van der Waals surface area (Å²) >= 11 is 12.5. The molecule has 1 unspecified atom stereocenters. The third-order valence-electron chi connectivity index (χ3n) is 6.19. The average Bonchev–Trinajstić information content (AvgIpc) is 3.07. The summed E-state index contributed by atoms with van der Waals surface area (Å²) in [6.07, 6.45) is 3.32. The Labute approximate surface area is 165 Å². The zero-order valence-electron chi connectivity index (χ0n) is 14.9. The Hall–Kier alpha value is -1.01. The molecule has 26 heavy (non-hydrogen) atoms. The van der Waals surface area contributed by atoms with Crippen molar-refractivity contribution in [3.05, 3.63) is 28.2 Å². The van der Waals surface area contributed by atoms with Crippen molar-refractivity contribution < 1.29 is 4.79 Å². The molecule has 0 aromatic heterocycles. The van der Waals surface area contributed by atoms with E-state index in [-0.39, 0.29) is 11.9 Å². The van der Waals surface area contributed by atoms with E-state index >= 15 is 0 Å². The fourth-order valence-corrected chi connectivity index (χ4v) is 4.97. The Balaban J connectivity index is 1.35. The molecule has 2 N–H and O–H groups in total. The Morgan fingerprint density at radius 2 is 1.85 bits per heavy atom. The van der Waals surface area contributed by atoms with Gasteiger partial charge < -0.3 is 20.4 Å². The number of nitrogens with one attached hydrogen (secondary N) is 2. The molecular weight excluding hydrogens is 371 g/mol. The number of nitrogens with zero attached hydrogens (tertiary/aromatic N) is 2. The van der Waals surface area contributed by atoms with Crippen molar-refractivity contribution in [1.29, 1.82) is 0 Å². The van der Waals surface area contributed by atoms with Crippen LogP contribution in [0.5, 0.6) is 0 Å². The second-order valence-electron chi connectivity index (χ2n) is 7.77. The zero-order valence-corrected chi connectivity index (χ0v) is 16.5. The lowest BCUT2D eigenvalue weighted by Crippen LogP contribution is -2.53. The molecule has 142 valence electrons. The maximum absolute atomic E-state index is 13.0. The Kier molecular flexibility index (Phi) is 5.33. The van der Waals surface area contributed by atoms with Gasteiger partial charge in [0.1, 0.15) is 0 Å². The monoisotopic (exact) mass is 396 g/mol. The van der Waals surface area contributed by atoms with Gasteiger partial charge in [-0.2, -0.15) is 0 Å². The molecule has 0 radical (unpaired) electrons. The smallest absolute Gasteiger partial charge is 0.239 e. The van der Waals surface area contributed by atoms with Crippen molar-refractivity contribution in [2.75, 3.05) is 50.7 Å². The lowest BCUT2D eigenvalue weighted by atomic mass is 9.77. The Morgan fingerprint density at radius 1 is 1.12 bits per heavy atom. The minimum Gasteiger partial charge on any atom is -0.367 e. The molecule has 3 aliphatic rings. The lowest BCUT2D eigenvalue weighted by molar-refractivity contribution is -0.133. The molecule has 1 atom stereocenters. The van der Waals surface area contributed by atoms with E-state index in [0.717, 1.165) is 57.9 Å². The van der Waals surface area contributed by atoms with Crippen molar-refractivity contribution in [2.45, 2.75) is 25.3 Å². The fourth-order valence-electron chi connectivity index (χ4n) is 4.55. The number of halogens is 2. The molecule has 3 saturated heterocycles. The number of hydrogen-bond donors (Lipinski definition) is 2. The first-order valence-electron chi connectivity index (χ1n) is 9.50. The number of anilines is 1. The highest BCUT2D eigenvalue weighted by atomic mass is 35.5. The maximum atomic E-state index is 13.0. The SMILES string of the molecule is O=C(C1CC2(CCNCC2)CN1)N1CCN(c2cccc(Cl)c2Cl)CC1. The van der Waals surface area contributed by atoms with Crippen LogP contribution in [0.3, 0.4) is 0 Å². The van der Waals surface area contributed by atoms with E-state index in [1.807, 2.05) is 17.0 Å². The summed E-state index contributed by atoms with van der Waals surface area (Å²) in [6, 6.07) is 5.69. The number of carbonyl (C=O) groups is 1. The third-order valence-corrected chi connectivity index (χ3v) is 7.00. The second kappa shape index (κ2) is 7.55. The molecule has 3 aliphatic heterocycles. The fraction of sp³-hybridized carbons (Fsp3) is 0.632. The van der Waals surface area contributed by atoms with Crippen LogP contribution in [-0.2, 0) is 4.79 Å². The van der Waals surface area contributed by atoms with Gasteiger partial charge in [0.15, 0.2) is 0 Å². The lowest BCUT2D eigenvalue weighted by Gasteiger charge is -2.38. The standard InChI is InChI=1S/C19H26Cl2N4O/c20-14-2-1-3-16(17(14)21)24-8-10-25(11-9-24)18(26)15-12-19(13-23-15)4-6-22-7-5-19/h1-3,15,22-23H,4-13H2. The first-order valence-corrected chi connectivity index (χ1v) is 10.3. The van der Waals surface area contributed by atoms with Gasteiger partial charge in [-0.25, -0.2) is 0 Å². The van der Waals surface area contributed by atoms with Crippen molar-refractivity contribution >= 4 is 34.8 Å². The van der Waals surface area contributed by atoms with Gasteiger partial charge >= 0.3 is 0 Å². The van der Waals surface area contributed by atoms with Crippen LogP contribution in [0.15, 0.2) is 18.2 Å². The van der Waals surface area contributed by atoms with Gasteiger partial charge in [0.2, 0.25) is 5.91 Å². The molecule has 7 heteroatoms. The van der Waals surface area contributed by atoms with E-state index in [2.05, 4.69) is 15.5 Å². The van der Waals surface area contributed by atoms with Crippen LogP contribution < -0.4 is 15.5 Å². The molecule has 0 aliphatic carbocycles. The second-order valence-corrected chi connectivity index (χ2v) is 8.56. The van der Waals surface area contributed by atoms with Gasteiger partial charge in [-0.05, 0) is 49.9 Å². The van der Waals surface area contributed by atoms with Crippen LogP contribution in [0.4, 0.5) is 5.69 Å². The Bertz CT molecular complexity index is 670. The molecule has 1 aromatic rings. The highest BCUT2D eigenvalue weighted by Crippen LogP contribution is 2.38. The summed E-state index contributed by atoms with van der Waals surface area (Å²) in [7, 11) is 0. The molecule has 5 nitrogen and oxygen atoms in total. The van der Waals surface area contributed by atoms with Crippen molar-refractivity contribution in [2.24, 2.45) is 5.41 Å². The summed E-state index contributed by atoms with van der Waals surface area (Å²) in [5.74, 6) is 0.261. The molecular formula is C19H26Cl2N4O. The minimum absolute atomic E-state index is 0.0191. The molecule has 1 amide bonds. The topological polar surface area (TPSA) is 47.6 Å². The van der Waals surface area contributed by atoms with E-state index in [1.165, 1.54) is 12.8 Å². The van der Waals surface area contributed by atoms with Crippen molar-refractivity contribution in [3.8, 4) is 0 Å². The quantitative estimate of drug-likeness (QED) is 0.805. The number of piperazine rings is 1. The highest BCUT2D eigenvalue weighted by Gasteiger charge is 2.43. The molecule has 0 saturated carbocycles. The molecule has 3 fully saturated rings. The van der Waals surface area contributed by atoms with Gasteiger partial charge in [-0.15, -0.1) is 0 Å². The minimum atomic E-state index is -0.0191. The van der Waals surface area contributed by atoms with Crippen LogP contribution in [0.25, 0.3) is 0 Å². The molecule has 1 aromatic carbocycles. The first-order chi connectivity index (χ1) is 12.6. The molecule has 4 rings (SSSR count).